The van der Waals surface area contributed by atoms with Crippen LogP contribution in [0.4, 0.5) is 5.69 Å². The topological polar surface area (TPSA) is 145 Å². The predicted molar refractivity (Wildman–Crippen MR) is 74.6 cm³/mol. The van der Waals surface area contributed by atoms with Gasteiger partial charge in [0, 0.05) is 12.1 Å². The van der Waals surface area contributed by atoms with Gasteiger partial charge in [-0.25, -0.2) is 0 Å². The second-order valence-electron chi connectivity index (χ2n) is 4.31. The first-order chi connectivity index (χ1) is 9.88. The normalized spacial score (nSPS) is 11.5. The summed E-state index contributed by atoms with van der Waals surface area (Å²) in [6, 6.07) is 5.35. The van der Waals surface area contributed by atoms with Crippen molar-refractivity contribution in [1.82, 2.24) is 0 Å². The van der Waals surface area contributed by atoms with Gasteiger partial charge in [0.2, 0.25) is 5.91 Å². The zero-order valence-corrected chi connectivity index (χ0v) is 11.2. The minimum absolute atomic E-state index is 0.0565. The third-order valence-electron chi connectivity index (χ3n) is 2.51. The molecule has 21 heavy (non-hydrogen) atoms. The van der Waals surface area contributed by atoms with E-state index in [4.69, 9.17) is 21.3 Å². The van der Waals surface area contributed by atoms with Crippen molar-refractivity contribution in [1.29, 1.82) is 0 Å². The minimum atomic E-state index is -1.01. The van der Waals surface area contributed by atoms with E-state index in [2.05, 4.69) is 5.32 Å². The molecule has 0 radical (unpaired) electrons. The Kier molecular flexibility index (Phi) is 6.15. The summed E-state index contributed by atoms with van der Waals surface area (Å²) in [7, 11) is 0. The molecule has 0 heterocycles. The third-order valence-corrected chi connectivity index (χ3v) is 2.51. The maximum absolute atomic E-state index is 11.7. The molecular weight excluding hydrogens is 278 g/mol. The van der Waals surface area contributed by atoms with Crippen LogP contribution in [-0.2, 0) is 14.4 Å². The Balaban J connectivity index is 2.49. The smallest absolute Gasteiger partial charge is 0.303 e. The zero-order valence-electron chi connectivity index (χ0n) is 11.2. The molecule has 0 aliphatic carbocycles. The van der Waals surface area contributed by atoms with Crippen LogP contribution in [0.15, 0.2) is 24.3 Å². The average molecular weight is 295 g/mol. The first-order valence-corrected chi connectivity index (χ1v) is 6.18. The number of carbonyl (C=O) groups is 3. The van der Waals surface area contributed by atoms with Crippen LogP contribution < -0.4 is 21.5 Å². The van der Waals surface area contributed by atoms with E-state index in [9.17, 15) is 14.4 Å². The first-order valence-electron chi connectivity index (χ1n) is 6.18. The largest absolute Gasteiger partial charge is 0.484 e. The fourth-order valence-corrected chi connectivity index (χ4v) is 1.43. The Morgan fingerprint density at radius 3 is 2.38 bits per heavy atom. The first kappa shape index (κ1) is 16.4. The Morgan fingerprint density at radius 2 is 1.86 bits per heavy atom. The van der Waals surface area contributed by atoms with Gasteiger partial charge in [0.1, 0.15) is 5.75 Å². The number of carbonyl (C=O) groups excluding carboxylic acids is 2. The van der Waals surface area contributed by atoms with E-state index in [-0.39, 0.29) is 19.4 Å². The third kappa shape index (κ3) is 6.39. The van der Waals surface area contributed by atoms with Gasteiger partial charge in [-0.1, -0.05) is 0 Å². The molecule has 0 aliphatic rings. The Labute approximate surface area is 121 Å². The number of carboxylic acids is 1. The molecule has 0 aliphatic heterocycles. The Morgan fingerprint density at radius 1 is 1.24 bits per heavy atom. The van der Waals surface area contributed by atoms with Crippen molar-refractivity contribution in [3.63, 3.8) is 0 Å². The predicted octanol–water partition coefficient (Wildman–Crippen LogP) is -0.319. The van der Waals surface area contributed by atoms with Crippen molar-refractivity contribution in [3.8, 4) is 5.75 Å². The van der Waals surface area contributed by atoms with E-state index in [0.29, 0.717) is 11.4 Å². The van der Waals surface area contributed by atoms with Crippen LogP contribution in [0.25, 0.3) is 0 Å². The van der Waals surface area contributed by atoms with E-state index in [0.717, 1.165) is 0 Å². The van der Waals surface area contributed by atoms with Gasteiger partial charge >= 0.3 is 5.97 Å². The molecule has 0 bridgehead atoms. The highest BCUT2D eigenvalue weighted by Gasteiger charge is 2.14. The number of hydrogen-bond donors (Lipinski definition) is 4. The molecule has 0 saturated heterocycles. The van der Waals surface area contributed by atoms with Gasteiger partial charge in [0.25, 0.3) is 5.91 Å². The number of anilines is 1. The summed E-state index contributed by atoms with van der Waals surface area (Å²) in [5.41, 5.74) is 11.0. The number of amides is 2. The van der Waals surface area contributed by atoms with Crippen molar-refractivity contribution in [2.45, 2.75) is 18.9 Å². The number of rotatable bonds is 8. The van der Waals surface area contributed by atoms with Crippen LogP contribution in [0.1, 0.15) is 12.8 Å². The SMILES string of the molecule is NC(=O)COc1ccc(NC(=O)C(N)CCC(=O)O)cc1. The summed E-state index contributed by atoms with van der Waals surface area (Å²) in [6.45, 7) is -0.230. The van der Waals surface area contributed by atoms with Crippen molar-refractivity contribution < 1.29 is 24.2 Å². The van der Waals surface area contributed by atoms with Crippen molar-refractivity contribution in [2.75, 3.05) is 11.9 Å². The van der Waals surface area contributed by atoms with E-state index < -0.39 is 23.8 Å². The quantitative estimate of drug-likeness (QED) is 0.517. The van der Waals surface area contributed by atoms with Gasteiger partial charge in [-0.2, -0.15) is 0 Å². The van der Waals surface area contributed by atoms with Crippen molar-refractivity contribution >= 4 is 23.5 Å². The van der Waals surface area contributed by atoms with Gasteiger partial charge in [-0.15, -0.1) is 0 Å². The molecule has 1 unspecified atom stereocenters. The lowest BCUT2D eigenvalue weighted by atomic mass is 10.1. The Hall–Kier alpha value is -2.61. The molecule has 1 atom stereocenters. The van der Waals surface area contributed by atoms with E-state index >= 15 is 0 Å². The lowest BCUT2D eigenvalue weighted by molar-refractivity contribution is -0.137. The number of carboxylic acid groups (broad SMARTS) is 1. The monoisotopic (exact) mass is 295 g/mol. The molecule has 1 aromatic rings. The number of nitrogens with one attached hydrogen (secondary N) is 1. The summed E-state index contributed by atoms with van der Waals surface area (Å²) < 4.78 is 5.06. The van der Waals surface area contributed by atoms with Gasteiger partial charge in [-0.3, -0.25) is 14.4 Å². The summed E-state index contributed by atoms with van der Waals surface area (Å²) in [5, 5.41) is 11.1. The highest BCUT2D eigenvalue weighted by Crippen LogP contribution is 2.15. The molecule has 1 aromatic carbocycles. The van der Waals surface area contributed by atoms with E-state index in [1.165, 1.54) is 0 Å². The average Bonchev–Trinajstić information content (AvgIpc) is 2.43. The zero-order chi connectivity index (χ0) is 15.8. The van der Waals surface area contributed by atoms with Crippen molar-refractivity contribution in [2.24, 2.45) is 11.5 Å². The number of nitrogens with two attached hydrogens (primary N) is 2. The number of hydrogen-bond acceptors (Lipinski definition) is 5. The molecular formula is C13H17N3O5. The molecule has 8 nitrogen and oxygen atoms in total. The summed E-state index contributed by atoms with van der Waals surface area (Å²) in [4.78, 5) is 32.7. The fraction of sp³-hybridized carbons (Fsp3) is 0.308. The van der Waals surface area contributed by atoms with Gasteiger partial charge in [0.05, 0.1) is 6.04 Å². The molecule has 0 aromatic heterocycles. The lowest BCUT2D eigenvalue weighted by Gasteiger charge is -2.11. The van der Waals surface area contributed by atoms with Crippen LogP contribution in [0.2, 0.25) is 0 Å². The summed E-state index contributed by atoms with van der Waals surface area (Å²) in [5.74, 6) is -1.63. The van der Waals surface area contributed by atoms with Gasteiger partial charge < -0.3 is 26.6 Å². The molecule has 2 amide bonds. The maximum Gasteiger partial charge on any atom is 0.303 e. The van der Waals surface area contributed by atoms with Crippen LogP contribution in [0.5, 0.6) is 5.75 Å². The van der Waals surface area contributed by atoms with Crippen LogP contribution >= 0.6 is 0 Å². The van der Waals surface area contributed by atoms with Crippen LogP contribution in [0, 0.1) is 0 Å². The molecule has 1 rings (SSSR count). The van der Waals surface area contributed by atoms with Gasteiger partial charge in [0.15, 0.2) is 6.61 Å². The maximum atomic E-state index is 11.7. The number of ether oxygens (including phenoxy) is 1. The molecule has 8 heteroatoms. The molecule has 0 saturated carbocycles. The minimum Gasteiger partial charge on any atom is -0.484 e. The number of aliphatic carboxylic acids is 1. The van der Waals surface area contributed by atoms with Crippen LogP contribution in [0.3, 0.4) is 0 Å². The second kappa shape index (κ2) is 7.85. The molecule has 0 fully saturated rings. The summed E-state index contributed by atoms with van der Waals surface area (Å²) >= 11 is 0. The van der Waals surface area contributed by atoms with Gasteiger partial charge in [-0.05, 0) is 30.7 Å². The lowest BCUT2D eigenvalue weighted by Crippen LogP contribution is -2.36. The number of primary amides is 1. The van der Waals surface area contributed by atoms with E-state index in [1.807, 2.05) is 0 Å². The fourth-order valence-electron chi connectivity index (χ4n) is 1.43. The van der Waals surface area contributed by atoms with E-state index in [1.54, 1.807) is 24.3 Å². The molecule has 6 N–H and O–H groups in total. The molecule has 0 spiro atoms. The highest BCUT2D eigenvalue weighted by atomic mass is 16.5. The Bertz CT molecular complexity index is 515. The molecule has 114 valence electrons. The highest BCUT2D eigenvalue weighted by molar-refractivity contribution is 5.94. The van der Waals surface area contributed by atoms with Crippen LogP contribution in [-0.4, -0.2) is 35.5 Å². The second-order valence-corrected chi connectivity index (χ2v) is 4.31. The summed E-state index contributed by atoms with van der Waals surface area (Å²) in [6.07, 6.45) is -0.116. The number of benzene rings is 1. The van der Waals surface area contributed by atoms with Crippen molar-refractivity contribution in [3.05, 3.63) is 24.3 Å². The standard InChI is InChI=1S/C13H17N3O5/c14-10(5-6-12(18)19)13(20)16-8-1-3-9(4-2-8)21-7-11(15)17/h1-4,10H,5-7,14H2,(H2,15,17)(H,16,20)(H,18,19).